The maximum Gasteiger partial charge on any atom is 0.263 e. The van der Waals surface area contributed by atoms with Crippen LogP contribution in [0, 0.1) is 23.3 Å². The molecule has 0 bridgehead atoms. The fourth-order valence-corrected chi connectivity index (χ4v) is 2.42. The Morgan fingerprint density at radius 1 is 1.15 bits per heavy atom. The van der Waals surface area contributed by atoms with Gasteiger partial charge in [-0.2, -0.15) is 8.78 Å². The molecule has 2 rings (SSSR count). The monoisotopic (exact) mass is 402 g/mol. The summed E-state index contributed by atoms with van der Waals surface area (Å²) >= 11 is 4.84. The molecule has 10 heteroatoms. The molecule has 0 unspecified atom stereocenters. The van der Waals surface area contributed by atoms with Crippen LogP contribution in [0.15, 0.2) is 18.2 Å². The zero-order valence-corrected chi connectivity index (χ0v) is 14.9. The van der Waals surface area contributed by atoms with E-state index in [1.165, 1.54) is 6.07 Å². The molecule has 0 aliphatic rings. The van der Waals surface area contributed by atoms with Crippen LogP contribution in [0.3, 0.4) is 0 Å². The zero-order valence-electron chi connectivity index (χ0n) is 14.1. The van der Waals surface area contributed by atoms with Crippen LogP contribution in [0.25, 0.3) is 0 Å². The van der Waals surface area contributed by atoms with Gasteiger partial charge in [-0.05, 0) is 36.3 Å². The van der Waals surface area contributed by atoms with Crippen LogP contribution in [-0.4, -0.2) is 23.2 Å². The Kier molecular flexibility index (Phi) is 6.21. The molecule has 2 aromatic rings. The topological polar surface area (TPSA) is 70.6 Å². The first-order valence-electron chi connectivity index (χ1n) is 7.55. The van der Waals surface area contributed by atoms with E-state index in [0.717, 1.165) is 12.7 Å². The highest BCUT2D eigenvalue weighted by Gasteiger charge is 2.30. The minimum Gasteiger partial charge on any atom is -0.506 e. The first kappa shape index (κ1) is 20.4. The summed E-state index contributed by atoms with van der Waals surface area (Å²) in [5, 5.41) is 13.7. The van der Waals surface area contributed by atoms with E-state index in [1.54, 1.807) is 12.1 Å². The summed E-state index contributed by atoms with van der Waals surface area (Å²) in [6, 6.07) is 4.59. The molecule has 2 aromatic carbocycles. The molecular weight excluding hydrogens is 388 g/mol. The molecule has 1 amide bonds. The van der Waals surface area contributed by atoms with E-state index in [4.69, 9.17) is 12.2 Å². The molecule has 0 spiro atoms. The van der Waals surface area contributed by atoms with Gasteiger partial charge in [-0.15, -0.1) is 0 Å². The number of thiocarbonyl (C=S) groups is 1. The minimum atomic E-state index is -1.93. The van der Waals surface area contributed by atoms with Crippen LogP contribution < -0.4 is 15.4 Å². The number of aromatic hydroxyl groups is 1. The van der Waals surface area contributed by atoms with Crippen LogP contribution in [0.2, 0.25) is 0 Å². The Balaban J connectivity index is 2.27. The molecule has 0 aliphatic heterocycles. The highest BCUT2D eigenvalue weighted by Crippen LogP contribution is 2.30. The van der Waals surface area contributed by atoms with Gasteiger partial charge in [0.2, 0.25) is 11.6 Å². The molecule has 0 saturated heterocycles. The van der Waals surface area contributed by atoms with E-state index in [2.05, 4.69) is 10.1 Å². The van der Waals surface area contributed by atoms with Crippen molar-refractivity contribution in [2.75, 3.05) is 12.4 Å². The van der Waals surface area contributed by atoms with Gasteiger partial charge in [0.15, 0.2) is 22.5 Å². The Bertz CT molecular complexity index is 893. The number of halogens is 4. The van der Waals surface area contributed by atoms with Crippen molar-refractivity contribution in [2.24, 2.45) is 0 Å². The van der Waals surface area contributed by atoms with E-state index in [0.29, 0.717) is 6.42 Å². The van der Waals surface area contributed by atoms with Crippen molar-refractivity contribution in [2.45, 2.75) is 13.3 Å². The Labute approximate surface area is 157 Å². The van der Waals surface area contributed by atoms with Crippen molar-refractivity contribution in [3.63, 3.8) is 0 Å². The fourth-order valence-electron chi connectivity index (χ4n) is 2.21. The average molecular weight is 402 g/mol. The molecule has 3 N–H and O–H groups in total. The highest BCUT2D eigenvalue weighted by molar-refractivity contribution is 7.80. The van der Waals surface area contributed by atoms with Crippen molar-refractivity contribution in [1.82, 2.24) is 5.32 Å². The normalized spacial score (nSPS) is 10.4. The zero-order chi connectivity index (χ0) is 20.3. The van der Waals surface area contributed by atoms with Crippen LogP contribution in [-0.2, 0) is 6.42 Å². The van der Waals surface area contributed by atoms with E-state index in [-0.39, 0.29) is 11.4 Å². The lowest BCUT2D eigenvalue weighted by Gasteiger charge is -2.14. The molecule has 144 valence electrons. The van der Waals surface area contributed by atoms with Gasteiger partial charge in [0.1, 0.15) is 11.3 Å². The van der Waals surface area contributed by atoms with Gasteiger partial charge in [-0.1, -0.05) is 13.0 Å². The number of phenolic OH excluding ortho intramolecular Hbond substituents is 1. The Hall–Kier alpha value is -2.88. The van der Waals surface area contributed by atoms with Crippen molar-refractivity contribution >= 4 is 28.9 Å². The summed E-state index contributed by atoms with van der Waals surface area (Å²) in [4.78, 5) is 12.0. The van der Waals surface area contributed by atoms with Crippen molar-refractivity contribution < 1.29 is 32.2 Å². The second-order valence-corrected chi connectivity index (χ2v) is 5.69. The maximum atomic E-state index is 14.0. The summed E-state index contributed by atoms with van der Waals surface area (Å²) < 4.78 is 59.6. The van der Waals surface area contributed by atoms with Crippen molar-refractivity contribution in [3.8, 4) is 11.5 Å². The number of aryl methyl sites for hydroxylation is 1. The average Bonchev–Trinajstić information content (AvgIpc) is 2.62. The number of anilines is 1. The highest BCUT2D eigenvalue weighted by atomic mass is 32.1. The van der Waals surface area contributed by atoms with E-state index < -0.39 is 45.6 Å². The third kappa shape index (κ3) is 4.11. The van der Waals surface area contributed by atoms with Gasteiger partial charge < -0.3 is 15.2 Å². The predicted octanol–water partition coefficient (Wildman–Crippen LogP) is 3.65. The second-order valence-electron chi connectivity index (χ2n) is 5.28. The Morgan fingerprint density at radius 2 is 1.74 bits per heavy atom. The lowest BCUT2D eigenvalue weighted by Crippen LogP contribution is -2.35. The summed E-state index contributed by atoms with van der Waals surface area (Å²) in [5.41, 5.74) is -0.532. The summed E-state index contributed by atoms with van der Waals surface area (Å²) in [6.07, 6.45) is 0.648. The molecule has 0 saturated carbocycles. The number of benzene rings is 2. The number of nitrogens with one attached hydrogen (secondary N) is 2. The van der Waals surface area contributed by atoms with E-state index in [9.17, 15) is 27.5 Å². The minimum absolute atomic E-state index is 0.132. The molecule has 5 nitrogen and oxygen atoms in total. The molecule has 0 radical (unpaired) electrons. The molecule has 27 heavy (non-hydrogen) atoms. The Morgan fingerprint density at radius 3 is 2.26 bits per heavy atom. The van der Waals surface area contributed by atoms with Gasteiger partial charge in [0, 0.05) is 0 Å². The summed E-state index contributed by atoms with van der Waals surface area (Å²) in [7, 11) is 0.816. The number of carbonyl (C=O) groups excluding carboxylic acids is 1. The number of carbonyl (C=O) groups is 1. The number of ether oxygens (including phenoxy) is 1. The molecule has 0 aliphatic carbocycles. The third-order valence-electron chi connectivity index (χ3n) is 3.60. The first-order chi connectivity index (χ1) is 12.7. The molecular formula is C17H14F4N2O3S. The number of methoxy groups -OCH3 is 1. The summed E-state index contributed by atoms with van der Waals surface area (Å²) in [5.74, 6) is -10.6. The summed E-state index contributed by atoms with van der Waals surface area (Å²) in [6.45, 7) is 1.87. The number of hydrogen-bond donors (Lipinski definition) is 3. The standard InChI is InChI=1S/C17H14F4N2O3S/c1-3-7-4-5-9(24)8(6-7)22-17(27)23-16(25)10-11(18)13(20)15(26-2)14(21)12(10)19/h4-6,24H,3H2,1-2H3,(H2,22,23,25,27). The van der Waals surface area contributed by atoms with E-state index in [1.807, 2.05) is 12.2 Å². The lowest BCUT2D eigenvalue weighted by atomic mass is 10.1. The third-order valence-corrected chi connectivity index (χ3v) is 3.80. The number of amides is 1. The van der Waals surface area contributed by atoms with Gasteiger partial charge >= 0.3 is 0 Å². The van der Waals surface area contributed by atoms with E-state index >= 15 is 0 Å². The van der Waals surface area contributed by atoms with Crippen LogP contribution in [0.4, 0.5) is 23.2 Å². The van der Waals surface area contributed by atoms with Crippen LogP contribution in [0.5, 0.6) is 11.5 Å². The van der Waals surface area contributed by atoms with Crippen molar-refractivity contribution in [1.29, 1.82) is 0 Å². The largest absolute Gasteiger partial charge is 0.506 e. The van der Waals surface area contributed by atoms with Crippen LogP contribution in [0.1, 0.15) is 22.8 Å². The van der Waals surface area contributed by atoms with Crippen LogP contribution >= 0.6 is 12.2 Å². The molecule has 0 fully saturated rings. The number of phenols is 1. The second kappa shape index (κ2) is 8.21. The number of rotatable bonds is 4. The number of hydrogen-bond acceptors (Lipinski definition) is 4. The molecule has 0 aromatic heterocycles. The quantitative estimate of drug-likeness (QED) is 0.315. The van der Waals surface area contributed by atoms with Gasteiger partial charge in [0.05, 0.1) is 12.8 Å². The predicted molar refractivity (Wildman–Crippen MR) is 94.0 cm³/mol. The van der Waals surface area contributed by atoms with Gasteiger partial charge in [-0.25, -0.2) is 8.78 Å². The molecule has 0 atom stereocenters. The van der Waals surface area contributed by atoms with Crippen molar-refractivity contribution in [3.05, 3.63) is 52.6 Å². The smallest absolute Gasteiger partial charge is 0.263 e. The maximum absolute atomic E-state index is 14.0. The van der Waals surface area contributed by atoms with Gasteiger partial charge in [-0.3, -0.25) is 10.1 Å². The SMILES string of the molecule is CCc1ccc(O)c(NC(=S)NC(=O)c2c(F)c(F)c(OC)c(F)c2F)c1. The van der Waals surface area contributed by atoms with Gasteiger partial charge in [0.25, 0.3) is 5.91 Å². The fraction of sp³-hybridized carbons (Fsp3) is 0.176. The molecule has 0 heterocycles. The lowest BCUT2D eigenvalue weighted by molar-refractivity contribution is 0.0966. The first-order valence-corrected chi connectivity index (χ1v) is 7.96.